The molecule has 25 heavy (non-hydrogen) atoms. The molecular weight excluding hydrogens is 312 g/mol. The van der Waals surface area contributed by atoms with Gasteiger partial charge in [-0.25, -0.2) is 4.98 Å². The third kappa shape index (κ3) is 2.90. The van der Waals surface area contributed by atoms with Gasteiger partial charge in [0, 0.05) is 5.56 Å². The molecule has 0 radical (unpaired) electrons. The highest BCUT2D eigenvalue weighted by Gasteiger charge is 2.15. The molecule has 0 unspecified atom stereocenters. The summed E-state index contributed by atoms with van der Waals surface area (Å²) in [5.41, 5.74) is 4.65. The van der Waals surface area contributed by atoms with Gasteiger partial charge in [0.1, 0.15) is 5.52 Å². The molecule has 1 heterocycles. The highest BCUT2D eigenvalue weighted by molar-refractivity contribution is 6.06. The number of hydrogen-bond donors (Lipinski definition) is 1. The van der Waals surface area contributed by atoms with E-state index in [0.717, 1.165) is 22.2 Å². The van der Waals surface area contributed by atoms with E-state index in [0.29, 0.717) is 17.1 Å². The lowest BCUT2D eigenvalue weighted by molar-refractivity contribution is 0.102. The van der Waals surface area contributed by atoms with Crippen molar-refractivity contribution in [2.75, 3.05) is 5.32 Å². The number of para-hydroxylation sites is 2. The molecule has 0 atom stereocenters. The van der Waals surface area contributed by atoms with Crippen molar-refractivity contribution in [3.05, 3.63) is 83.9 Å². The van der Waals surface area contributed by atoms with Crippen molar-refractivity contribution >= 4 is 22.7 Å². The first-order valence-corrected chi connectivity index (χ1v) is 8.04. The maximum Gasteiger partial charge on any atom is 0.255 e. The van der Waals surface area contributed by atoms with Gasteiger partial charge in [-0.15, -0.1) is 0 Å². The normalized spacial score (nSPS) is 10.8. The maximum absolute atomic E-state index is 12.5. The van der Waals surface area contributed by atoms with E-state index < -0.39 is 0 Å². The van der Waals surface area contributed by atoms with E-state index in [-0.39, 0.29) is 5.91 Å². The SMILES string of the molecule is Cc1cccc2oc(-c3ccccc3NC(=O)c3ccccc3)nc12. The predicted molar refractivity (Wildman–Crippen MR) is 98.6 cm³/mol. The van der Waals surface area contributed by atoms with Gasteiger partial charge in [0.05, 0.1) is 11.3 Å². The number of fused-ring (bicyclic) bond motifs is 1. The summed E-state index contributed by atoms with van der Waals surface area (Å²) in [6, 6.07) is 22.4. The average Bonchev–Trinajstić information content (AvgIpc) is 3.08. The molecule has 1 aromatic heterocycles. The number of aromatic nitrogens is 1. The summed E-state index contributed by atoms with van der Waals surface area (Å²) in [6.45, 7) is 2.00. The molecule has 1 N–H and O–H groups in total. The summed E-state index contributed by atoms with van der Waals surface area (Å²) >= 11 is 0. The highest BCUT2D eigenvalue weighted by atomic mass is 16.3. The van der Waals surface area contributed by atoms with E-state index in [1.54, 1.807) is 12.1 Å². The second kappa shape index (κ2) is 6.24. The molecule has 0 spiro atoms. The van der Waals surface area contributed by atoms with Crippen LogP contribution in [0.5, 0.6) is 0 Å². The number of aryl methyl sites for hydroxylation is 1. The van der Waals surface area contributed by atoms with Crippen LogP contribution in [0, 0.1) is 6.92 Å². The van der Waals surface area contributed by atoms with E-state index in [1.807, 2.05) is 67.6 Å². The van der Waals surface area contributed by atoms with Crippen molar-refractivity contribution < 1.29 is 9.21 Å². The van der Waals surface area contributed by atoms with E-state index in [2.05, 4.69) is 10.3 Å². The number of hydrogen-bond acceptors (Lipinski definition) is 3. The van der Waals surface area contributed by atoms with Gasteiger partial charge in [-0.05, 0) is 42.8 Å². The van der Waals surface area contributed by atoms with Crippen molar-refractivity contribution in [2.45, 2.75) is 6.92 Å². The largest absolute Gasteiger partial charge is 0.436 e. The summed E-state index contributed by atoms with van der Waals surface area (Å²) in [4.78, 5) is 17.1. The van der Waals surface area contributed by atoms with Crippen LogP contribution in [-0.2, 0) is 0 Å². The number of anilines is 1. The van der Waals surface area contributed by atoms with Crippen LogP contribution >= 0.6 is 0 Å². The van der Waals surface area contributed by atoms with E-state index in [9.17, 15) is 4.79 Å². The Balaban J connectivity index is 1.73. The minimum absolute atomic E-state index is 0.166. The minimum atomic E-state index is -0.166. The van der Waals surface area contributed by atoms with E-state index in [4.69, 9.17) is 4.42 Å². The summed E-state index contributed by atoms with van der Waals surface area (Å²) in [5.74, 6) is 0.327. The van der Waals surface area contributed by atoms with E-state index in [1.165, 1.54) is 0 Å². The first kappa shape index (κ1) is 15.1. The number of oxazole rings is 1. The number of carbonyl (C=O) groups excluding carboxylic acids is 1. The second-order valence-corrected chi connectivity index (χ2v) is 5.81. The Labute approximate surface area is 145 Å². The molecule has 0 bridgehead atoms. The molecule has 4 nitrogen and oxygen atoms in total. The Hall–Kier alpha value is -3.40. The second-order valence-electron chi connectivity index (χ2n) is 5.81. The zero-order valence-corrected chi connectivity index (χ0v) is 13.7. The number of amides is 1. The topological polar surface area (TPSA) is 55.1 Å². The first-order chi connectivity index (χ1) is 12.2. The van der Waals surface area contributed by atoms with Crippen molar-refractivity contribution in [2.24, 2.45) is 0 Å². The summed E-state index contributed by atoms with van der Waals surface area (Å²) in [5, 5.41) is 2.95. The van der Waals surface area contributed by atoms with Crippen molar-refractivity contribution in [1.82, 2.24) is 4.98 Å². The molecule has 0 aliphatic heterocycles. The number of nitrogens with zero attached hydrogens (tertiary/aromatic N) is 1. The molecule has 4 aromatic rings. The summed E-state index contributed by atoms with van der Waals surface area (Å²) in [7, 11) is 0. The fraction of sp³-hybridized carbons (Fsp3) is 0.0476. The number of rotatable bonds is 3. The van der Waals surface area contributed by atoms with Gasteiger partial charge in [0.15, 0.2) is 5.58 Å². The first-order valence-electron chi connectivity index (χ1n) is 8.04. The van der Waals surface area contributed by atoms with Gasteiger partial charge in [-0.3, -0.25) is 4.79 Å². The Morgan fingerprint density at radius 1 is 0.920 bits per heavy atom. The van der Waals surface area contributed by atoms with Crippen LogP contribution in [0.1, 0.15) is 15.9 Å². The van der Waals surface area contributed by atoms with Gasteiger partial charge in [-0.1, -0.05) is 42.5 Å². The van der Waals surface area contributed by atoms with Crippen LogP contribution in [0.4, 0.5) is 5.69 Å². The van der Waals surface area contributed by atoms with Gasteiger partial charge >= 0.3 is 0 Å². The molecular formula is C21H16N2O2. The van der Waals surface area contributed by atoms with E-state index >= 15 is 0 Å². The van der Waals surface area contributed by atoms with Crippen LogP contribution in [0.15, 0.2) is 77.2 Å². The van der Waals surface area contributed by atoms with Crippen molar-refractivity contribution in [1.29, 1.82) is 0 Å². The fourth-order valence-electron chi connectivity index (χ4n) is 2.76. The zero-order chi connectivity index (χ0) is 17.2. The Kier molecular flexibility index (Phi) is 3.78. The van der Waals surface area contributed by atoms with Gasteiger partial charge in [-0.2, -0.15) is 0 Å². The zero-order valence-electron chi connectivity index (χ0n) is 13.7. The molecule has 1 amide bonds. The molecule has 122 valence electrons. The molecule has 4 heteroatoms. The van der Waals surface area contributed by atoms with Gasteiger partial charge in [0.25, 0.3) is 5.91 Å². The van der Waals surface area contributed by atoms with Gasteiger partial charge in [0.2, 0.25) is 5.89 Å². The van der Waals surface area contributed by atoms with Gasteiger partial charge < -0.3 is 9.73 Å². The quantitative estimate of drug-likeness (QED) is 0.572. The van der Waals surface area contributed by atoms with Crippen LogP contribution in [0.25, 0.3) is 22.6 Å². The van der Waals surface area contributed by atoms with Crippen molar-refractivity contribution in [3.63, 3.8) is 0 Å². The van der Waals surface area contributed by atoms with Crippen LogP contribution in [0.3, 0.4) is 0 Å². The van der Waals surface area contributed by atoms with Crippen LogP contribution in [0.2, 0.25) is 0 Å². The monoisotopic (exact) mass is 328 g/mol. The molecule has 0 aliphatic carbocycles. The number of nitrogens with one attached hydrogen (secondary N) is 1. The average molecular weight is 328 g/mol. The summed E-state index contributed by atoms with van der Waals surface area (Å²) < 4.78 is 5.90. The van der Waals surface area contributed by atoms with Crippen LogP contribution in [-0.4, -0.2) is 10.9 Å². The fourth-order valence-corrected chi connectivity index (χ4v) is 2.76. The standard InChI is InChI=1S/C21H16N2O2/c1-14-8-7-13-18-19(14)23-21(25-18)16-11-5-6-12-17(16)22-20(24)15-9-3-2-4-10-15/h2-13H,1H3,(H,22,24). The van der Waals surface area contributed by atoms with Crippen LogP contribution < -0.4 is 5.32 Å². The third-order valence-electron chi connectivity index (χ3n) is 4.06. The molecule has 3 aromatic carbocycles. The third-order valence-corrected chi connectivity index (χ3v) is 4.06. The Bertz CT molecular complexity index is 1050. The predicted octanol–water partition coefficient (Wildman–Crippen LogP) is 5.06. The molecule has 0 aliphatic rings. The Morgan fingerprint density at radius 2 is 1.68 bits per heavy atom. The smallest absolute Gasteiger partial charge is 0.255 e. The minimum Gasteiger partial charge on any atom is -0.436 e. The number of carbonyl (C=O) groups is 1. The molecule has 4 rings (SSSR count). The molecule has 0 saturated carbocycles. The maximum atomic E-state index is 12.5. The Morgan fingerprint density at radius 3 is 2.48 bits per heavy atom. The summed E-state index contributed by atoms with van der Waals surface area (Å²) in [6.07, 6.45) is 0. The lowest BCUT2D eigenvalue weighted by Crippen LogP contribution is -2.12. The van der Waals surface area contributed by atoms with Crippen molar-refractivity contribution in [3.8, 4) is 11.5 Å². The molecule has 0 saturated heterocycles. The lowest BCUT2D eigenvalue weighted by Gasteiger charge is -2.08. The number of benzene rings is 3. The lowest BCUT2D eigenvalue weighted by atomic mass is 10.1. The molecule has 0 fully saturated rings. The highest BCUT2D eigenvalue weighted by Crippen LogP contribution is 2.31.